The Labute approximate surface area is 146 Å². The first-order valence-corrected chi connectivity index (χ1v) is 8.30. The van der Waals surface area contributed by atoms with E-state index in [1.807, 2.05) is 12.1 Å². The molecule has 0 bridgehead atoms. The molecule has 2 heterocycles. The first kappa shape index (κ1) is 17.0. The van der Waals surface area contributed by atoms with Crippen LogP contribution in [0.2, 0.25) is 0 Å². The van der Waals surface area contributed by atoms with Crippen LogP contribution in [0.1, 0.15) is 12.0 Å². The topological polar surface area (TPSA) is 80.5 Å². The molecule has 0 radical (unpaired) electrons. The van der Waals surface area contributed by atoms with E-state index in [1.165, 1.54) is 11.9 Å². The number of nitrogens with zero attached hydrogens (tertiary/aromatic N) is 3. The predicted molar refractivity (Wildman–Crippen MR) is 97.4 cm³/mol. The number of hydrogen-bond acceptors (Lipinski definition) is 6. The first-order valence-electron chi connectivity index (χ1n) is 8.30. The van der Waals surface area contributed by atoms with Crippen LogP contribution in [0.3, 0.4) is 0 Å². The van der Waals surface area contributed by atoms with E-state index in [-0.39, 0.29) is 5.69 Å². The Morgan fingerprint density at radius 1 is 1.44 bits per heavy atom. The molecular weight excluding hydrogens is 320 g/mol. The van der Waals surface area contributed by atoms with Gasteiger partial charge < -0.3 is 15.0 Å². The van der Waals surface area contributed by atoms with Gasteiger partial charge in [-0.3, -0.25) is 10.1 Å². The third-order valence-corrected chi connectivity index (χ3v) is 4.56. The smallest absolute Gasteiger partial charge is 0.290 e. The van der Waals surface area contributed by atoms with E-state index in [9.17, 15) is 10.1 Å². The Balaban J connectivity index is 1.56. The highest BCUT2D eigenvalue weighted by Crippen LogP contribution is 2.27. The van der Waals surface area contributed by atoms with Crippen molar-refractivity contribution in [2.45, 2.75) is 13.3 Å². The SMILES string of the molecule is COc1cccc(N2CCC(CNc3cc(C)c([N+](=O)[O-])cn3)C2)c1. The third kappa shape index (κ3) is 3.99. The highest BCUT2D eigenvalue weighted by molar-refractivity contribution is 5.52. The zero-order valence-corrected chi connectivity index (χ0v) is 14.4. The van der Waals surface area contributed by atoms with Crippen LogP contribution in [0, 0.1) is 23.0 Å². The zero-order valence-electron chi connectivity index (χ0n) is 14.4. The molecule has 7 heteroatoms. The lowest BCUT2D eigenvalue weighted by atomic mass is 10.1. The number of hydrogen-bond donors (Lipinski definition) is 1. The summed E-state index contributed by atoms with van der Waals surface area (Å²) in [4.78, 5) is 16.9. The lowest BCUT2D eigenvalue weighted by Crippen LogP contribution is -2.22. The van der Waals surface area contributed by atoms with Crippen molar-refractivity contribution in [2.24, 2.45) is 5.92 Å². The molecule has 1 fully saturated rings. The Morgan fingerprint density at radius 2 is 2.28 bits per heavy atom. The van der Waals surface area contributed by atoms with Gasteiger partial charge in [0.05, 0.1) is 12.0 Å². The number of aromatic nitrogens is 1. The average molecular weight is 342 g/mol. The second-order valence-electron chi connectivity index (χ2n) is 6.30. The Morgan fingerprint density at radius 3 is 3.00 bits per heavy atom. The molecule has 0 aliphatic carbocycles. The summed E-state index contributed by atoms with van der Waals surface area (Å²) in [6.45, 7) is 4.49. The molecule has 1 N–H and O–H groups in total. The van der Waals surface area contributed by atoms with Crippen molar-refractivity contribution < 1.29 is 9.66 Å². The van der Waals surface area contributed by atoms with Gasteiger partial charge in [-0.05, 0) is 37.5 Å². The second-order valence-corrected chi connectivity index (χ2v) is 6.30. The number of nitrogens with one attached hydrogen (secondary N) is 1. The van der Waals surface area contributed by atoms with Crippen LogP contribution in [0.25, 0.3) is 0 Å². The minimum Gasteiger partial charge on any atom is -0.497 e. The lowest BCUT2D eigenvalue weighted by molar-refractivity contribution is -0.385. The summed E-state index contributed by atoms with van der Waals surface area (Å²) in [7, 11) is 1.68. The summed E-state index contributed by atoms with van der Waals surface area (Å²) in [5, 5.41) is 14.2. The molecule has 0 amide bonds. The quantitative estimate of drug-likeness (QED) is 0.641. The summed E-state index contributed by atoms with van der Waals surface area (Å²) < 4.78 is 5.29. The van der Waals surface area contributed by atoms with Gasteiger partial charge in [-0.25, -0.2) is 4.98 Å². The van der Waals surface area contributed by atoms with E-state index < -0.39 is 4.92 Å². The molecule has 132 valence electrons. The molecule has 1 aliphatic rings. The molecule has 1 aliphatic heterocycles. The maximum Gasteiger partial charge on any atom is 0.290 e. The van der Waals surface area contributed by atoms with Gasteiger partial charge in [-0.1, -0.05) is 6.07 Å². The number of ether oxygens (including phenoxy) is 1. The van der Waals surface area contributed by atoms with Crippen LogP contribution < -0.4 is 15.0 Å². The van der Waals surface area contributed by atoms with Crippen LogP contribution in [-0.4, -0.2) is 36.7 Å². The van der Waals surface area contributed by atoms with Crippen molar-refractivity contribution in [3.63, 3.8) is 0 Å². The van der Waals surface area contributed by atoms with Gasteiger partial charge in [0.1, 0.15) is 17.8 Å². The number of aryl methyl sites for hydroxylation is 1. The molecule has 0 saturated carbocycles. The van der Waals surface area contributed by atoms with E-state index >= 15 is 0 Å². The lowest BCUT2D eigenvalue weighted by Gasteiger charge is -2.19. The maximum absolute atomic E-state index is 10.8. The number of benzene rings is 1. The van der Waals surface area contributed by atoms with Crippen molar-refractivity contribution in [3.05, 3.63) is 52.2 Å². The molecule has 3 rings (SSSR count). The van der Waals surface area contributed by atoms with Crippen molar-refractivity contribution >= 4 is 17.2 Å². The normalized spacial score (nSPS) is 16.7. The van der Waals surface area contributed by atoms with E-state index in [0.717, 1.165) is 31.8 Å². The van der Waals surface area contributed by atoms with Crippen LogP contribution in [0.15, 0.2) is 36.5 Å². The van der Waals surface area contributed by atoms with Crippen LogP contribution in [-0.2, 0) is 0 Å². The third-order valence-electron chi connectivity index (χ3n) is 4.56. The van der Waals surface area contributed by atoms with Gasteiger partial charge in [-0.15, -0.1) is 0 Å². The summed E-state index contributed by atoms with van der Waals surface area (Å²) in [6.07, 6.45) is 2.41. The maximum atomic E-state index is 10.8. The fourth-order valence-corrected chi connectivity index (χ4v) is 3.13. The largest absolute Gasteiger partial charge is 0.497 e. The molecule has 1 atom stereocenters. The molecule has 0 spiro atoms. The van der Waals surface area contributed by atoms with Gasteiger partial charge >= 0.3 is 0 Å². The monoisotopic (exact) mass is 342 g/mol. The van der Waals surface area contributed by atoms with Crippen molar-refractivity contribution in [1.29, 1.82) is 0 Å². The van der Waals surface area contributed by atoms with E-state index in [1.54, 1.807) is 20.1 Å². The molecule has 25 heavy (non-hydrogen) atoms. The minimum atomic E-state index is -0.408. The summed E-state index contributed by atoms with van der Waals surface area (Å²) in [5.74, 6) is 2.05. The summed E-state index contributed by atoms with van der Waals surface area (Å²) in [6, 6.07) is 9.83. The van der Waals surface area contributed by atoms with Gasteiger partial charge in [0.2, 0.25) is 0 Å². The zero-order chi connectivity index (χ0) is 17.8. The molecule has 7 nitrogen and oxygen atoms in total. The highest BCUT2D eigenvalue weighted by Gasteiger charge is 2.23. The van der Waals surface area contributed by atoms with E-state index in [2.05, 4.69) is 27.3 Å². The Bertz CT molecular complexity index is 766. The fourth-order valence-electron chi connectivity index (χ4n) is 3.13. The molecule has 1 aromatic carbocycles. The number of methoxy groups -OCH3 is 1. The van der Waals surface area contributed by atoms with Gasteiger partial charge in [0.15, 0.2) is 0 Å². The Kier molecular flexibility index (Phi) is 5.02. The standard InChI is InChI=1S/C18H22N4O3/c1-13-8-18(20-11-17(13)22(23)24)19-10-14-6-7-21(12-14)15-4-3-5-16(9-15)25-2/h3-5,8-9,11,14H,6-7,10,12H2,1-2H3,(H,19,20). The van der Waals surface area contributed by atoms with E-state index in [4.69, 9.17) is 4.74 Å². The van der Waals surface area contributed by atoms with E-state index in [0.29, 0.717) is 17.3 Å². The number of anilines is 2. The van der Waals surface area contributed by atoms with Crippen molar-refractivity contribution in [2.75, 3.05) is 37.0 Å². The predicted octanol–water partition coefficient (Wildman–Crippen LogP) is 3.25. The molecular formula is C18H22N4O3. The van der Waals surface area contributed by atoms with Gasteiger partial charge in [0.25, 0.3) is 5.69 Å². The van der Waals surface area contributed by atoms with Crippen LogP contribution in [0.5, 0.6) is 5.75 Å². The minimum absolute atomic E-state index is 0.0515. The molecule has 1 saturated heterocycles. The van der Waals surface area contributed by atoms with Crippen molar-refractivity contribution in [3.8, 4) is 5.75 Å². The number of rotatable bonds is 6. The van der Waals surface area contributed by atoms with Gasteiger partial charge in [-0.2, -0.15) is 0 Å². The molecule has 1 aromatic heterocycles. The first-order chi connectivity index (χ1) is 12.1. The number of nitro groups is 1. The Hall–Kier alpha value is -2.83. The second kappa shape index (κ2) is 7.38. The van der Waals surface area contributed by atoms with Gasteiger partial charge in [0, 0.05) is 37.0 Å². The fraction of sp³-hybridized carbons (Fsp3) is 0.389. The average Bonchev–Trinajstić information content (AvgIpc) is 3.09. The summed E-state index contributed by atoms with van der Waals surface area (Å²) in [5.41, 5.74) is 1.84. The van der Waals surface area contributed by atoms with Crippen LogP contribution in [0.4, 0.5) is 17.2 Å². The summed E-state index contributed by atoms with van der Waals surface area (Å²) >= 11 is 0. The van der Waals surface area contributed by atoms with Crippen LogP contribution >= 0.6 is 0 Å². The number of pyridine rings is 1. The molecule has 1 unspecified atom stereocenters. The molecule has 2 aromatic rings. The van der Waals surface area contributed by atoms with Crippen molar-refractivity contribution in [1.82, 2.24) is 4.98 Å². The highest BCUT2D eigenvalue weighted by atomic mass is 16.6.